The fraction of sp³-hybridized carbons (Fsp3) is 0.316. The van der Waals surface area contributed by atoms with Crippen molar-refractivity contribution in [1.29, 1.82) is 0 Å². The second-order valence-corrected chi connectivity index (χ2v) is 8.17. The molecule has 25 heavy (non-hydrogen) atoms. The molecule has 0 unspecified atom stereocenters. The Balaban J connectivity index is 1.77. The van der Waals surface area contributed by atoms with Gasteiger partial charge in [0.25, 0.3) is 5.91 Å². The van der Waals surface area contributed by atoms with Gasteiger partial charge in [-0.05, 0) is 55.7 Å². The predicted molar refractivity (Wildman–Crippen MR) is 98.2 cm³/mol. The number of hydrogen-bond acceptors (Lipinski definition) is 3. The molecular formula is C19H22N2O3S. The van der Waals surface area contributed by atoms with Crippen LogP contribution in [-0.4, -0.2) is 20.4 Å². The average Bonchev–Trinajstić information content (AvgIpc) is 3.07. The molecule has 0 spiro atoms. The third-order valence-corrected chi connectivity index (χ3v) is 5.88. The maximum absolute atomic E-state index is 12.5. The lowest BCUT2D eigenvalue weighted by molar-refractivity contribution is 0.102. The first-order chi connectivity index (χ1) is 11.9. The van der Waals surface area contributed by atoms with E-state index in [9.17, 15) is 13.2 Å². The second-order valence-electron chi connectivity index (χ2n) is 6.45. The summed E-state index contributed by atoms with van der Waals surface area (Å²) >= 11 is 0. The molecular weight excluding hydrogens is 336 g/mol. The van der Waals surface area contributed by atoms with E-state index in [2.05, 4.69) is 10.0 Å². The van der Waals surface area contributed by atoms with E-state index in [0.717, 1.165) is 31.2 Å². The van der Waals surface area contributed by atoms with Crippen molar-refractivity contribution in [3.8, 4) is 0 Å². The minimum Gasteiger partial charge on any atom is -0.322 e. The molecule has 2 N–H and O–H groups in total. The summed E-state index contributed by atoms with van der Waals surface area (Å²) in [5.41, 5.74) is 2.04. The molecule has 0 atom stereocenters. The van der Waals surface area contributed by atoms with Crippen molar-refractivity contribution < 1.29 is 13.2 Å². The Labute approximate surface area is 148 Å². The monoisotopic (exact) mass is 358 g/mol. The van der Waals surface area contributed by atoms with Gasteiger partial charge in [-0.3, -0.25) is 4.79 Å². The Morgan fingerprint density at radius 1 is 1.04 bits per heavy atom. The molecule has 0 aromatic heterocycles. The first-order valence-electron chi connectivity index (χ1n) is 8.44. The molecule has 5 nitrogen and oxygen atoms in total. The van der Waals surface area contributed by atoms with Crippen LogP contribution in [0.2, 0.25) is 0 Å². The molecule has 132 valence electrons. The summed E-state index contributed by atoms with van der Waals surface area (Å²) in [6.07, 6.45) is 3.83. The van der Waals surface area contributed by atoms with E-state index in [1.807, 2.05) is 25.1 Å². The van der Waals surface area contributed by atoms with Crippen LogP contribution >= 0.6 is 0 Å². The predicted octanol–water partition coefficient (Wildman–Crippen LogP) is 3.47. The van der Waals surface area contributed by atoms with Gasteiger partial charge in [-0.15, -0.1) is 0 Å². The van der Waals surface area contributed by atoms with Crippen molar-refractivity contribution in [2.75, 3.05) is 5.32 Å². The van der Waals surface area contributed by atoms with Crippen LogP contribution in [0.3, 0.4) is 0 Å². The first-order valence-corrected chi connectivity index (χ1v) is 9.93. The van der Waals surface area contributed by atoms with E-state index in [1.54, 1.807) is 18.2 Å². The van der Waals surface area contributed by atoms with Gasteiger partial charge >= 0.3 is 0 Å². The second kappa shape index (κ2) is 7.37. The van der Waals surface area contributed by atoms with Crippen molar-refractivity contribution in [3.63, 3.8) is 0 Å². The van der Waals surface area contributed by atoms with Crippen molar-refractivity contribution in [2.45, 2.75) is 43.5 Å². The summed E-state index contributed by atoms with van der Waals surface area (Å²) in [5, 5.41) is 2.80. The Morgan fingerprint density at radius 3 is 2.48 bits per heavy atom. The van der Waals surface area contributed by atoms with Crippen molar-refractivity contribution in [3.05, 3.63) is 59.7 Å². The Morgan fingerprint density at radius 2 is 1.76 bits per heavy atom. The number of carbonyl (C=O) groups is 1. The van der Waals surface area contributed by atoms with Crippen molar-refractivity contribution in [2.24, 2.45) is 0 Å². The van der Waals surface area contributed by atoms with Crippen LogP contribution in [0.15, 0.2) is 53.4 Å². The zero-order valence-corrected chi connectivity index (χ0v) is 15.0. The number of rotatable bonds is 5. The van der Waals surface area contributed by atoms with Gasteiger partial charge < -0.3 is 5.32 Å². The van der Waals surface area contributed by atoms with Crippen LogP contribution in [-0.2, 0) is 10.0 Å². The summed E-state index contributed by atoms with van der Waals surface area (Å²) in [7, 11) is -3.61. The molecule has 0 saturated heterocycles. The fourth-order valence-corrected chi connectivity index (χ4v) is 4.41. The first kappa shape index (κ1) is 17.6. The lowest BCUT2D eigenvalue weighted by atomic mass is 10.2. The maximum Gasteiger partial charge on any atom is 0.255 e. The lowest BCUT2D eigenvalue weighted by Crippen LogP contribution is -2.32. The normalized spacial score (nSPS) is 15.2. The lowest BCUT2D eigenvalue weighted by Gasteiger charge is -2.13. The number of hydrogen-bond donors (Lipinski definition) is 2. The van der Waals surface area contributed by atoms with Gasteiger partial charge in [0.15, 0.2) is 0 Å². The molecule has 1 amide bonds. The third kappa shape index (κ3) is 4.46. The molecule has 1 aliphatic carbocycles. The van der Waals surface area contributed by atoms with E-state index >= 15 is 0 Å². The van der Waals surface area contributed by atoms with E-state index in [0.29, 0.717) is 11.3 Å². The Bertz CT molecular complexity index is 872. The molecule has 6 heteroatoms. The minimum absolute atomic E-state index is 0.00484. The molecule has 2 aromatic rings. The minimum atomic E-state index is -3.61. The molecule has 1 fully saturated rings. The largest absolute Gasteiger partial charge is 0.322 e. The number of sulfonamides is 1. The molecule has 3 rings (SSSR count). The van der Waals surface area contributed by atoms with Crippen LogP contribution in [0, 0.1) is 6.92 Å². The van der Waals surface area contributed by atoms with Gasteiger partial charge in [0.1, 0.15) is 0 Å². The quantitative estimate of drug-likeness (QED) is 0.859. The fourth-order valence-electron chi connectivity index (χ4n) is 3.06. The van der Waals surface area contributed by atoms with Crippen molar-refractivity contribution >= 4 is 21.6 Å². The zero-order chi connectivity index (χ0) is 17.9. The molecule has 0 heterocycles. The summed E-state index contributed by atoms with van der Waals surface area (Å²) < 4.78 is 27.8. The van der Waals surface area contributed by atoms with Gasteiger partial charge in [-0.1, -0.05) is 31.0 Å². The molecule has 1 aliphatic rings. The van der Waals surface area contributed by atoms with Gasteiger partial charge in [0.2, 0.25) is 10.0 Å². The highest BCUT2D eigenvalue weighted by molar-refractivity contribution is 7.89. The van der Waals surface area contributed by atoms with Crippen LogP contribution in [0.4, 0.5) is 5.69 Å². The summed E-state index contributed by atoms with van der Waals surface area (Å²) in [5.74, 6) is -0.330. The average molecular weight is 358 g/mol. The van der Waals surface area contributed by atoms with Gasteiger partial charge in [0.05, 0.1) is 4.90 Å². The maximum atomic E-state index is 12.5. The zero-order valence-electron chi connectivity index (χ0n) is 14.2. The van der Waals surface area contributed by atoms with E-state index in [1.165, 1.54) is 12.1 Å². The highest BCUT2D eigenvalue weighted by atomic mass is 32.2. The molecule has 0 radical (unpaired) electrons. The SMILES string of the molecule is Cc1cccc(NC(=O)c2cccc(S(=O)(=O)NC3CCCC3)c2)c1. The highest BCUT2D eigenvalue weighted by Gasteiger charge is 2.23. The van der Waals surface area contributed by atoms with E-state index < -0.39 is 10.0 Å². The van der Waals surface area contributed by atoms with Crippen LogP contribution < -0.4 is 10.0 Å². The van der Waals surface area contributed by atoms with Crippen LogP contribution in [0.1, 0.15) is 41.6 Å². The Kier molecular flexibility index (Phi) is 5.20. The van der Waals surface area contributed by atoms with Crippen LogP contribution in [0.5, 0.6) is 0 Å². The van der Waals surface area contributed by atoms with Crippen molar-refractivity contribution in [1.82, 2.24) is 4.72 Å². The molecule has 2 aromatic carbocycles. The molecule has 1 saturated carbocycles. The standard InChI is InChI=1S/C19H22N2O3S/c1-14-6-4-10-17(12-14)20-19(22)15-7-5-11-18(13-15)25(23,24)21-16-8-2-3-9-16/h4-7,10-13,16,21H,2-3,8-9H2,1H3,(H,20,22). The summed E-state index contributed by atoms with van der Waals surface area (Å²) in [4.78, 5) is 12.5. The molecule has 0 bridgehead atoms. The van der Waals surface area contributed by atoms with Gasteiger partial charge in [-0.2, -0.15) is 0 Å². The number of aryl methyl sites for hydroxylation is 1. The molecule has 0 aliphatic heterocycles. The number of amides is 1. The van der Waals surface area contributed by atoms with Gasteiger partial charge in [0, 0.05) is 17.3 Å². The third-order valence-electron chi connectivity index (χ3n) is 4.36. The number of carbonyl (C=O) groups excluding carboxylic acids is 1. The number of anilines is 1. The van der Waals surface area contributed by atoms with E-state index in [-0.39, 0.29) is 16.8 Å². The van der Waals surface area contributed by atoms with Crippen LogP contribution in [0.25, 0.3) is 0 Å². The number of nitrogens with one attached hydrogen (secondary N) is 2. The highest BCUT2D eigenvalue weighted by Crippen LogP contribution is 2.21. The van der Waals surface area contributed by atoms with E-state index in [4.69, 9.17) is 0 Å². The number of benzene rings is 2. The smallest absolute Gasteiger partial charge is 0.255 e. The summed E-state index contributed by atoms with van der Waals surface area (Å²) in [6, 6.07) is 13.6. The van der Waals surface area contributed by atoms with Gasteiger partial charge in [-0.25, -0.2) is 13.1 Å². The topological polar surface area (TPSA) is 75.3 Å². The Hall–Kier alpha value is -2.18. The summed E-state index contributed by atoms with van der Waals surface area (Å²) in [6.45, 7) is 1.94.